The fourth-order valence-electron chi connectivity index (χ4n) is 3.98. The van der Waals surface area contributed by atoms with Crippen LogP contribution in [-0.4, -0.2) is 67.3 Å². The number of rotatable bonds is 10. The van der Waals surface area contributed by atoms with Gasteiger partial charge in [0, 0.05) is 49.8 Å². The third-order valence-electron chi connectivity index (χ3n) is 5.87. The number of carbonyl (C=O) groups is 1. The number of hydrogen-bond acceptors (Lipinski definition) is 8. The smallest absolute Gasteiger partial charge is 0.247 e. The Morgan fingerprint density at radius 2 is 1.86 bits per heavy atom. The van der Waals surface area contributed by atoms with Crippen molar-refractivity contribution in [2.24, 2.45) is 0 Å². The molecule has 4 rings (SSSR count). The van der Waals surface area contributed by atoms with Gasteiger partial charge in [-0.25, -0.2) is 13.8 Å². The summed E-state index contributed by atoms with van der Waals surface area (Å²) in [4.78, 5) is 24.3. The number of carbonyl (C=O) groups excluding carboxylic acids is 1. The van der Waals surface area contributed by atoms with E-state index in [0.717, 1.165) is 0 Å². The number of ether oxygens (including phenoxy) is 1. The Morgan fingerprint density at radius 1 is 1.11 bits per heavy atom. The van der Waals surface area contributed by atoms with Gasteiger partial charge in [0.15, 0.2) is 11.6 Å². The first-order valence-electron chi connectivity index (χ1n) is 11.8. The van der Waals surface area contributed by atoms with Gasteiger partial charge >= 0.3 is 0 Å². The largest absolute Gasteiger partial charge is 0.491 e. The summed E-state index contributed by atoms with van der Waals surface area (Å²) in [6.07, 6.45) is 2.69. The van der Waals surface area contributed by atoms with Crippen LogP contribution in [0.5, 0.6) is 5.75 Å². The highest BCUT2D eigenvalue weighted by atomic mass is 19.1. The zero-order valence-electron chi connectivity index (χ0n) is 20.5. The number of hydrogen-bond donors (Lipinski definition) is 3. The average Bonchev–Trinajstić information content (AvgIpc) is 2.90. The maximum absolute atomic E-state index is 15.0. The maximum atomic E-state index is 15.0. The van der Waals surface area contributed by atoms with E-state index in [2.05, 4.69) is 32.5 Å². The van der Waals surface area contributed by atoms with Gasteiger partial charge in [-0.2, -0.15) is 4.98 Å². The van der Waals surface area contributed by atoms with Crippen LogP contribution in [0.1, 0.15) is 0 Å². The molecule has 11 heteroatoms. The molecule has 1 aliphatic heterocycles. The van der Waals surface area contributed by atoms with Crippen molar-refractivity contribution in [2.45, 2.75) is 0 Å². The van der Waals surface area contributed by atoms with Crippen molar-refractivity contribution in [1.29, 1.82) is 0 Å². The van der Waals surface area contributed by atoms with E-state index < -0.39 is 0 Å². The Hall–Kier alpha value is -4.25. The van der Waals surface area contributed by atoms with Crippen LogP contribution in [-0.2, 0) is 4.79 Å². The fourth-order valence-corrected chi connectivity index (χ4v) is 3.98. The van der Waals surface area contributed by atoms with Crippen molar-refractivity contribution >= 4 is 40.4 Å². The lowest BCUT2D eigenvalue weighted by molar-refractivity contribution is -0.111. The van der Waals surface area contributed by atoms with Gasteiger partial charge in [-0.3, -0.25) is 9.69 Å². The number of benzene rings is 2. The van der Waals surface area contributed by atoms with E-state index in [1.165, 1.54) is 25.4 Å². The third-order valence-corrected chi connectivity index (χ3v) is 5.87. The molecule has 1 aliphatic rings. The Morgan fingerprint density at radius 3 is 2.57 bits per heavy atom. The normalized spacial score (nSPS) is 13.6. The number of methoxy groups -OCH3 is 1. The summed E-state index contributed by atoms with van der Waals surface area (Å²) in [5.41, 5.74) is 2.24. The third kappa shape index (κ3) is 6.70. The lowest BCUT2D eigenvalue weighted by Crippen LogP contribution is -2.47. The van der Waals surface area contributed by atoms with Gasteiger partial charge in [0.1, 0.15) is 12.5 Å². The van der Waals surface area contributed by atoms with Crippen LogP contribution in [0.25, 0.3) is 0 Å². The molecular weight excluding hydrogens is 480 g/mol. The molecule has 1 aromatic heterocycles. The molecule has 0 aliphatic carbocycles. The molecule has 0 spiro atoms. The molecule has 3 N–H and O–H groups in total. The van der Waals surface area contributed by atoms with E-state index in [1.807, 2.05) is 15.9 Å². The van der Waals surface area contributed by atoms with Crippen molar-refractivity contribution in [1.82, 2.24) is 14.9 Å². The van der Waals surface area contributed by atoms with Gasteiger partial charge < -0.3 is 25.6 Å². The second-order valence-corrected chi connectivity index (χ2v) is 8.32. The molecule has 0 radical (unpaired) electrons. The summed E-state index contributed by atoms with van der Waals surface area (Å²) in [5, 5.41) is 8.88. The Bertz CT molecular complexity index is 1250. The van der Waals surface area contributed by atoms with Crippen LogP contribution in [0.3, 0.4) is 0 Å². The van der Waals surface area contributed by atoms with Crippen molar-refractivity contribution in [3.63, 3.8) is 0 Å². The summed E-state index contributed by atoms with van der Waals surface area (Å²) in [7, 11) is 1.50. The van der Waals surface area contributed by atoms with Gasteiger partial charge in [-0.05, 0) is 42.5 Å². The van der Waals surface area contributed by atoms with Crippen LogP contribution < -0.4 is 25.6 Å². The second kappa shape index (κ2) is 12.1. The zero-order chi connectivity index (χ0) is 26.2. The highest BCUT2D eigenvalue weighted by Gasteiger charge is 2.19. The van der Waals surface area contributed by atoms with Crippen molar-refractivity contribution in [3.05, 3.63) is 67.1 Å². The molecular formula is C26H29F2N7O2. The quantitative estimate of drug-likeness (QED) is 0.348. The number of aromatic nitrogens is 2. The molecule has 0 unspecified atom stereocenters. The molecule has 0 saturated carbocycles. The van der Waals surface area contributed by atoms with Crippen molar-refractivity contribution < 1.29 is 18.3 Å². The Kier molecular flexibility index (Phi) is 8.47. The second-order valence-electron chi connectivity index (χ2n) is 8.32. The summed E-state index contributed by atoms with van der Waals surface area (Å²) in [6, 6.07) is 12.0. The monoisotopic (exact) mass is 509 g/mol. The zero-order valence-corrected chi connectivity index (χ0v) is 20.5. The highest BCUT2D eigenvalue weighted by molar-refractivity contribution is 5.99. The van der Waals surface area contributed by atoms with E-state index in [9.17, 15) is 13.6 Å². The molecule has 0 bridgehead atoms. The standard InChI is InChI=1S/C26H29F2N7O2/c1-3-24(36)30-18-5-4-6-19(15-18)31-25-23(37-2)17-29-26(33-25)32-20-7-8-22(21(28)16-20)35-13-11-34(10-9-27)12-14-35/h3-8,15-17H,1,9-14H2,2H3,(H,30,36)(H2,29,31,32,33). The van der Waals surface area contributed by atoms with E-state index in [0.29, 0.717) is 67.0 Å². The number of nitrogens with one attached hydrogen (secondary N) is 3. The Labute approximate surface area is 214 Å². The topological polar surface area (TPSA) is 94.6 Å². The number of piperazine rings is 1. The van der Waals surface area contributed by atoms with Gasteiger partial charge in [0.25, 0.3) is 0 Å². The molecule has 9 nitrogen and oxygen atoms in total. The van der Waals surface area contributed by atoms with Crippen LogP contribution in [0.2, 0.25) is 0 Å². The van der Waals surface area contributed by atoms with E-state index in [1.54, 1.807) is 30.3 Å². The Balaban J connectivity index is 1.46. The number of halogens is 2. The number of amides is 1. The van der Waals surface area contributed by atoms with Gasteiger partial charge in [-0.15, -0.1) is 0 Å². The summed E-state index contributed by atoms with van der Waals surface area (Å²) >= 11 is 0. The van der Waals surface area contributed by atoms with Gasteiger partial charge in [-0.1, -0.05) is 12.6 Å². The first kappa shape index (κ1) is 25.8. The first-order chi connectivity index (χ1) is 18.0. The summed E-state index contributed by atoms with van der Waals surface area (Å²) in [6.45, 7) is 6.15. The minimum absolute atomic E-state index is 0.242. The minimum atomic E-state index is -0.375. The van der Waals surface area contributed by atoms with Gasteiger partial charge in [0.2, 0.25) is 11.9 Å². The number of anilines is 6. The van der Waals surface area contributed by atoms with Crippen LogP contribution >= 0.6 is 0 Å². The van der Waals surface area contributed by atoms with Crippen LogP contribution in [0.15, 0.2) is 61.3 Å². The average molecular weight is 510 g/mol. The molecule has 2 heterocycles. The van der Waals surface area contributed by atoms with Crippen LogP contribution in [0.4, 0.5) is 43.3 Å². The lowest BCUT2D eigenvalue weighted by Gasteiger charge is -2.35. The molecule has 194 valence electrons. The lowest BCUT2D eigenvalue weighted by atomic mass is 10.2. The van der Waals surface area contributed by atoms with Gasteiger partial charge in [0.05, 0.1) is 19.0 Å². The van der Waals surface area contributed by atoms with Crippen molar-refractivity contribution in [2.75, 3.05) is 67.4 Å². The molecule has 1 fully saturated rings. The number of alkyl halides is 1. The first-order valence-corrected chi connectivity index (χ1v) is 11.8. The van der Waals surface area contributed by atoms with E-state index in [-0.39, 0.29) is 24.3 Å². The SMILES string of the molecule is C=CC(=O)Nc1cccc(Nc2nc(Nc3ccc(N4CCN(CCF)CC4)c(F)c3)ncc2OC)c1. The predicted octanol–water partition coefficient (Wildman–Crippen LogP) is 4.33. The molecule has 1 amide bonds. The maximum Gasteiger partial charge on any atom is 0.247 e. The molecule has 2 aromatic carbocycles. The molecule has 1 saturated heterocycles. The molecule has 3 aromatic rings. The number of nitrogens with zero attached hydrogens (tertiary/aromatic N) is 4. The molecule has 0 atom stereocenters. The van der Waals surface area contributed by atoms with E-state index >= 15 is 0 Å². The fraction of sp³-hybridized carbons (Fsp3) is 0.269. The summed E-state index contributed by atoms with van der Waals surface area (Å²) < 4.78 is 32.9. The molecule has 37 heavy (non-hydrogen) atoms. The highest BCUT2D eigenvalue weighted by Crippen LogP contribution is 2.29. The minimum Gasteiger partial charge on any atom is -0.491 e. The van der Waals surface area contributed by atoms with Crippen LogP contribution in [0, 0.1) is 5.82 Å². The van der Waals surface area contributed by atoms with E-state index in [4.69, 9.17) is 4.74 Å². The van der Waals surface area contributed by atoms with Crippen molar-refractivity contribution in [3.8, 4) is 5.75 Å². The summed E-state index contributed by atoms with van der Waals surface area (Å²) in [5.74, 6) is 0.344. The predicted molar refractivity (Wildman–Crippen MR) is 141 cm³/mol.